The van der Waals surface area contributed by atoms with E-state index in [2.05, 4.69) is 29.8 Å². The zero-order chi connectivity index (χ0) is 13.0. The van der Waals surface area contributed by atoms with E-state index in [4.69, 9.17) is 15.2 Å². The molecule has 0 aromatic heterocycles. The Morgan fingerprint density at radius 3 is 2.18 bits per heavy atom. The summed E-state index contributed by atoms with van der Waals surface area (Å²) in [5.41, 5.74) is 6.95. The second kappa shape index (κ2) is 6.26. The maximum absolute atomic E-state index is 5.85. The quantitative estimate of drug-likeness (QED) is 0.908. The van der Waals surface area contributed by atoms with Crippen molar-refractivity contribution in [2.75, 3.05) is 20.8 Å². The molecule has 0 spiro atoms. The molecule has 0 radical (unpaired) electrons. The van der Waals surface area contributed by atoms with Gasteiger partial charge in [-0.2, -0.15) is 0 Å². The normalized spacial score (nSPS) is 12.6. The van der Waals surface area contributed by atoms with E-state index in [1.165, 1.54) is 0 Å². The van der Waals surface area contributed by atoms with E-state index in [0.717, 1.165) is 21.5 Å². The van der Waals surface area contributed by atoms with Gasteiger partial charge in [0.15, 0.2) is 0 Å². The maximum Gasteiger partial charge on any atom is 0.133 e. The van der Waals surface area contributed by atoms with E-state index in [1.807, 2.05) is 12.1 Å². The van der Waals surface area contributed by atoms with Crippen LogP contribution in [0.4, 0.5) is 0 Å². The summed E-state index contributed by atoms with van der Waals surface area (Å²) in [7, 11) is 3.33. The number of ether oxygens (including phenoxy) is 2. The van der Waals surface area contributed by atoms with Crippen molar-refractivity contribution >= 4 is 15.9 Å². The molecule has 0 saturated heterocycles. The summed E-state index contributed by atoms with van der Waals surface area (Å²) in [4.78, 5) is 0. The lowest BCUT2D eigenvalue weighted by Crippen LogP contribution is -2.18. The zero-order valence-corrected chi connectivity index (χ0v) is 12.4. The first kappa shape index (κ1) is 14.3. The van der Waals surface area contributed by atoms with Crippen LogP contribution in [0.15, 0.2) is 16.6 Å². The maximum atomic E-state index is 5.85. The van der Waals surface area contributed by atoms with Crippen LogP contribution in [0.3, 0.4) is 0 Å². The highest BCUT2D eigenvalue weighted by molar-refractivity contribution is 9.10. The first-order chi connectivity index (χ1) is 8.04. The molecule has 1 rings (SSSR count). The van der Waals surface area contributed by atoms with E-state index < -0.39 is 0 Å². The van der Waals surface area contributed by atoms with Gasteiger partial charge in [-0.1, -0.05) is 13.8 Å². The summed E-state index contributed by atoms with van der Waals surface area (Å²) in [5.74, 6) is 2.38. The Hall–Kier alpha value is -0.740. The number of rotatable bonds is 5. The second-order valence-electron chi connectivity index (χ2n) is 4.31. The van der Waals surface area contributed by atoms with Crippen LogP contribution in [0, 0.1) is 5.92 Å². The highest BCUT2D eigenvalue weighted by Gasteiger charge is 2.20. The lowest BCUT2D eigenvalue weighted by atomic mass is 9.88. The Kier molecular flexibility index (Phi) is 5.28. The molecule has 0 aliphatic carbocycles. The van der Waals surface area contributed by atoms with Crippen molar-refractivity contribution in [3.63, 3.8) is 0 Å². The van der Waals surface area contributed by atoms with Crippen molar-refractivity contribution < 1.29 is 9.47 Å². The number of hydrogen-bond donors (Lipinski definition) is 1. The first-order valence-corrected chi connectivity index (χ1v) is 6.45. The lowest BCUT2D eigenvalue weighted by Gasteiger charge is -2.22. The highest BCUT2D eigenvalue weighted by atomic mass is 79.9. The number of methoxy groups -OCH3 is 2. The Balaban J connectivity index is 3.28. The smallest absolute Gasteiger partial charge is 0.133 e. The summed E-state index contributed by atoms with van der Waals surface area (Å²) >= 11 is 3.45. The van der Waals surface area contributed by atoms with Gasteiger partial charge in [-0.05, 0) is 40.5 Å². The monoisotopic (exact) mass is 301 g/mol. The average Bonchev–Trinajstić information content (AvgIpc) is 2.30. The minimum Gasteiger partial charge on any atom is -0.496 e. The minimum absolute atomic E-state index is 0.270. The molecule has 0 amide bonds. The molecule has 0 aliphatic heterocycles. The predicted molar refractivity (Wildman–Crippen MR) is 73.9 cm³/mol. The Bertz CT molecular complexity index is 380. The third-order valence-corrected chi connectivity index (χ3v) is 3.58. The lowest BCUT2D eigenvalue weighted by molar-refractivity contribution is 0.385. The van der Waals surface area contributed by atoms with Crippen molar-refractivity contribution in [2.45, 2.75) is 19.8 Å². The van der Waals surface area contributed by atoms with E-state index in [-0.39, 0.29) is 5.92 Å². The SMILES string of the molecule is COc1cc(C(CN)C(C)C)c(OC)cc1Br. The third-order valence-electron chi connectivity index (χ3n) is 2.96. The van der Waals surface area contributed by atoms with Gasteiger partial charge in [0.25, 0.3) is 0 Å². The van der Waals surface area contributed by atoms with Crippen LogP contribution in [-0.2, 0) is 0 Å². The Morgan fingerprint density at radius 2 is 1.76 bits per heavy atom. The third kappa shape index (κ3) is 3.13. The summed E-state index contributed by atoms with van der Waals surface area (Å²) in [6.45, 7) is 4.91. The minimum atomic E-state index is 0.270. The van der Waals surface area contributed by atoms with Gasteiger partial charge in [0.2, 0.25) is 0 Å². The highest BCUT2D eigenvalue weighted by Crippen LogP contribution is 2.38. The summed E-state index contributed by atoms with van der Waals surface area (Å²) in [6, 6.07) is 3.93. The van der Waals surface area contributed by atoms with Crippen molar-refractivity contribution in [3.8, 4) is 11.5 Å². The van der Waals surface area contributed by atoms with Crippen LogP contribution in [0.25, 0.3) is 0 Å². The fourth-order valence-electron chi connectivity index (χ4n) is 1.93. The van der Waals surface area contributed by atoms with Gasteiger partial charge in [0.05, 0.1) is 18.7 Å². The molecule has 0 bridgehead atoms. The number of hydrogen-bond acceptors (Lipinski definition) is 3. The number of halogens is 1. The van der Waals surface area contributed by atoms with Crippen molar-refractivity contribution in [2.24, 2.45) is 11.7 Å². The van der Waals surface area contributed by atoms with Crippen molar-refractivity contribution in [3.05, 3.63) is 22.2 Å². The van der Waals surface area contributed by atoms with E-state index in [9.17, 15) is 0 Å². The Morgan fingerprint density at radius 1 is 1.18 bits per heavy atom. The molecule has 4 heteroatoms. The van der Waals surface area contributed by atoms with E-state index in [0.29, 0.717) is 12.5 Å². The van der Waals surface area contributed by atoms with Crippen LogP contribution in [0.2, 0.25) is 0 Å². The van der Waals surface area contributed by atoms with Crippen LogP contribution >= 0.6 is 15.9 Å². The van der Waals surface area contributed by atoms with Gasteiger partial charge < -0.3 is 15.2 Å². The Labute approximate surface area is 111 Å². The molecule has 0 saturated carbocycles. The number of nitrogens with two attached hydrogens (primary N) is 1. The van der Waals surface area contributed by atoms with Gasteiger partial charge >= 0.3 is 0 Å². The molecular formula is C13H20BrNO2. The largest absolute Gasteiger partial charge is 0.496 e. The average molecular weight is 302 g/mol. The van der Waals surface area contributed by atoms with Crippen LogP contribution in [0.1, 0.15) is 25.3 Å². The van der Waals surface area contributed by atoms with Crippen molar-refractivity contribution in [1.29, 1.82) is 0 Å². The molecule has 0 fully saturated rings. The predicted octanol–water partition coefficient (Wildman–Crippen LogP) is 3.16. The fraction of sp³-hybridized carbons (Fsp3) is 0.538. The van der Waals surface area contributed by atoms with Gasteiger partial charge in [-0.3, -0.25) is 0 Å². The van der Waals surface area contributed by atoms with Gasteiger partial charge in [-0.25, -0.2) is 0 Å². The van der Waals surface area contributed by atoms with Crippen LogP contribution < -0.4 is 15.2 Å². The second-order valence-corrected chi connectivity index (χ2v) is 5.17. The van der Waals surface area contributed by atoms with Gasteiger partial charge in [-0.15, -0.1) is 0 Å². The molecule has 0 aliphatic rings. The fourth-order valence-corrected chi connectivity index (χ4v) is 2.42. The molecule has 0 heterocycles. The number of benzene rings is 1. The molecule has 1 aromatic carbocycles. The van der Waals surface area contributed by atoms with Gasteiger partial charge in [0.1, 0.15) is 11.5 Å². The van der Waals surface area contributed by atoms with Crippen LogP contribution in [0.5, 0.6) is 11.5 Å². The van der Waals surface area contributed by atoms with Crippen LogP contribution in [-0.4, -0.2) is 20.8 Å². The van der Waals surface area contributed by atoms with Gasteiger partial charge in [0, 0.05) is 11.5 Å². The topological polar surface area (TPSA) is 44.5 Å². The standard InChI is InChI=1S/C13H20BrNO2/c1-8(2)10(7-15)9-5-13(17-4)11(14)6-12(9)16-3/h5-6,8,10H,7,15H2,1-4H3. The first-order valence-electron chi connectivity index (χ1n) is 5.66. The molecule has 1 unspecified atom stereocenters. The molecule has 96 valence electrons. The molecular weight excluding hydrogens is 282 g/mol. The molecule has 2 N–H and O–H groups in total. The van der Waals surface area contributed by atoms with E-state index in [1.54, 1.807) is 14.2 Å². The molecule has 17 heavy (non-hydrogen) atoms. The summed E-state index contributed by atoms with van der Waals surface area (Å²) in [5, 5.41) is 0. The molecule has 1 atom stereocenters. The summed E-state index contributed by atoms with van der Waals surface area (Å²) < 4.78 is 11.6. The molecule has 3 nitrogen and oxygen atoms in total. The molecule has 1 aromatic rings. The summed E-state index contributed by atoms with van der Waals surface area (Å²) in [6.07, 6.45) is 0. The van der Waals surface area contributed by atoms with Crippen molar-refractivity contribution in [1.82, 2.24) is 0 Å². The zero-order valence-electron chi connectivity index (χ0n) is 10.8. The van der Waals surface area contributed by atoms with E-state index >= 15 is 0 Å².